The van der Waals surface area contributed by atoms with E-state index in [1.54, 1.807) is 10.6 Å². The van der Waals surface area contributed by atoms with Crippen molar-refractivity contribution in [3.63, 3.8) is 0 Å². The minimum atomic E-state index is -0.354. The number of benzene rings is 2. The monoisotopic (exact) mass is 482 g/mol. The molecule has 1 aromatic heterocycles. The molecule has 2 aromatic carbocycles. The summed E-state index contributed by atoms with van der Waals surface area (Å²) in [4.78, 5) is 33.7. The summed E-state index contributed by atoms with van der Waals surface area (Å²) < 4.78 is 15.9. The summed E-state index contributed by atoms with van der Waals surface area (Å²) in [5.74, 6) is 2.19. The standard InChI is InChI=1S/C24H23FN4O2S2/c1-2-10-29-20-9-8-18(25)15-21(20)33-24(29)26-22(30)16-32-17-23(31)28-13-11-27(12-14-28)19-6-4-3-5-7-19/h1,3-9,15H,10-14,16-17H2. The lowest BCUT2D eigenvalue weighted by Gasteiger charge is -2.36. The number of hydrogen-bond donors (Lipinski definition) is 0. The minimum Gasteiger partial charge on any atom is -0.368 e. The summed E-state index contributed by atoms with van der Waals surface area (Å²) in [5.41, 5.74) is 1.90. The maximum atomic E-state index is 13.5. The van der Waals surface area contributed by atoms with Gasteiger partial charge in [-0.05, 0) is 30.3 Å². The van der Waals surface area contributed by atoms with Crippen LogP contribution in [-0.4, -0.2) is 59.0 Å². The molecular weight excluding hydrogens is 459 g/mol. The van der Waals surface area contributed by atoms with Gasteiger partial charge in [0.25, 0.3) is 5.91 Å². The van der Waals surface area contributed by atoms with E-state index in [1.807, 2.05) is 23.1 Å². The Morgan fingerprint density at radius 3 is 2.58 bits per heavy atom. The number of carbonyl (C=O) groups is 2. The van der Waals surface area contributed by atoms with Gasteiger partial charge in [0.1, 0.15) is 5.82 Å². The molecule has 1 aliphatic heterocycles. The van der Waals surface area contributed by atoms with Gasteiger partial charge in [-0.2, -0.15) is 4.99 Å². The van der Waals surface area contributed by atoms with Crippen molar-refractivity contribution in [1.82, 2.24) is 9.47 Å². The molecule has 4 rings (SSSR count). The molecule has 9 heteroatoms. The van der Waals surface area contributed by atoms with E-state index >= 15 is 0 Å². The lowest BCUT2D eigenvalue weighted by atomic mass is 10.2. The van der Waals surface area contributed by atoms with Crippen molar-refractivity contribution in [2.75, 3.05) is 42.6 Å². The Labute approximate surface area is 199 Å². The van der Waals surface area contributed by atoms with Gasteiger partial charge in [-0.1, -0.05) is 35.5 Å². The topological polar surface area (TPSA) is 57.9 Å². The number of carbonyl (C=O) groups excluding carboxylic acids is 2. The highest BCUT2D eigenvalue weighted by Gasteiger charge is 2.21. The average molecular weight is 483 g/mol. The number of piperazine rings is 1. The van der Waals surface area contributed by atoms with Crippen molar-refractivity contribution in [3.05, 3.63) is 59.1 Å². The highest BCUT2D eigenvalue weighted by molar-refractivity contribution is 8.00. The van der Waals surface area contributed by atoms with E-state index in [-0.39, 0.29) is 35.7 Å². The van der Waals surface area contributed by atoms with Crippen LogP contribution in [0.2, 0.25) is 0 Å². The number of anilines is 1. The maximum Gasteiger partial charge on any atom is 0.258 e. The third-order valence-electron chi connectivity index (χ3n) is 5.32. The summed E-state index contributed by atoms with van der Waals surface area (Å²) in [7, 11) is 0. The SMILES string of the molecule is C#CCn1c(=NC(=O)CSCC(=O)N2CCN(c3ccccc3)CC2)sc2cc(F)ccc21. The number of fused-ring (bicyclic) bond motifs is 1. The molecule has 33 heavy (non-hydrogen) atoms. The van der Waals surface area contributed by atoms with Gasteiger partial charge >= 0.3 is 0 Å². The summed E-state index contributed by atoms with van der Waals surface area (Å²) in [6.45, 7) is 3.14. The van der Waals surface area contributed by atoms with E-state index < -0.39 is 0 Å². The first-order valence-corrected chi connectivity index (χ1v) is 12.5. The molecule has 1 fully saturated rings. The zero-order valence-electron chi connectivity index (χ0n) is 17.9. The second-order valence-electron chi connectivity index (χ2n) is 7.49. The van der Waals surface area contributed by atoms with Crippen molar-refractivity contribution in [1.29, 1.82) is 0 Å². The Balaban J connectivity index is 1.31. The molecule has 1 aliphatic rings. The predicted molar refractivity (Wildman–Crippen MR) is 132 cm³/mol. The van der Waals surface area contributed by atoms with Crippen LogP contribution in [0.1, 0.15) is 0 Å². The van der Waals surface area contributed by atoms with Crippen molar-refractivity contribution in [3.8, 4) is 12.3 Å². The molecule has 2 heterocycles. The van der Waals surface area contributed by atoms with Gasteiger partial charge in [-0.3, -0.25) is 9.59 Å². The molecule has 1 saturated heterocycles. The third-order valence-corrected chi connectivity index (χ3v) is 7.26. The van der Waals surface area contributed by atoms with Gasteiger partial charge in [-0.15, -0.1) is 18.2 Å². The first-order valence-electron chi connectivity index (χ1n) is 10.5. The summed E-state index contributed by atoms with van der Waals surface area (Å²) in [6, 6.07) is 14.5. The van der Waals surface area contributed by atoms with Crippen LogP contribution in [0.15, 0.2) is 53.5 Å². The van der Waals surface area contributed by atoms with Crippen LogP contribution >= 0.6 is 23.1 Å². The third kappa shape index (κ3) is 5.64. The lowest BCUT2D eigenvalue weighted by Crippen LogP contribution is -2.49. The molecule has 0 unspecified atom stereocenters. The first kappa shape index (κ1) is 23.1. The quantitative estimate of drug-likeness (QED) is 0.507. The van der Waals surface area contributed by atoms with E-state index in [0.717, 1.165) is 24.3 Å². The van der Waals surface area contributed by atoms with Gasteiger partial charge in [0.05, 0.1) is 28.3 Å². The highest BCUT2D eigenvalue weighted by Crippen LogP contribution is 2.19. The van der Waals surface area contributed by atoms with E-state index in [9.17, 15) is 14.0 Å². The zero-order chi connectivity index (χ0) is 23.2. The van der Waals surface area contributed by atoms with Crippen molar-refractivity contribution >= 4 is 50.8 Å². The Morgan fingerprint density at radius 1 is 1.09 bits per heavy atom. The number of hydrogen-bond acceptors (Lipinski definition) is 5. The summed E-state index contributed by atoms with van der Waals surface area (Å²) >= 11 is 2.47. The average Bonchev–Trinajstić information content (AvgIpc) is 3.15. The molecule has 0 bridgehead atoms. The molecule has 0 saturated carbocycles. The number of halogens is 1. The Bertz CT molecular complexity index is 1250. The van der Waals surface area contributed by atoms with Crippen molar-refractivity contribution in [2.24, 2.45) is 4.99 Å². The molecule has 3 aromatic rings. The van der Waals surface area contributed by atoms with Crippen LogP contribution in [0, 0.1) is 18.2 Å². The molecular formula is C24H23FN4O2S2. The first-order chi connectivity index (χ1) is 16.0. The second-order valence-corrected chi connectivity index (χ2v) is 9.48. The Hall–Kier alpha value is -3.09. The van der Waals surface area contributed by atoms with Crippen LogP contribution in [0.5, 0.6) is 0 Å². The smallest absolute Gasteiger partial charge is 0.258 e. The Kier molecular flexibility index (Phi) is 7.47. The van der Waals surface area contributed by atoms with Crippen LogP contribution < -0.4 is 9.70 Å². The molecule has 0 aliphatic carbocycles. The Morgan fingerprint density at radius 2 is 1.85 bits per heavy atom. The fourth-order valence-electron chi connectivity index (χ4n) is 3.69. The van der Waals surface area contributed by atoms with Gasteiger partial charge in [0, 0.05) is 31.9 Å². The summed E-state index contributed by atoms with van der Waals surface area (Å²) in [5, 5.41) is 0. The fraction of sp³-hybridized carbons (Fsp3) is 0.292. The molecule has 0 N–H and O–H groups in total. The van der Waals surface area contributed by atoms with Crippen LogP contribution in [-0.2, 0) is 16.1 Å². The molecule has 6 nitrogen and oxygen atoms in total. The van der Waals surface area contributed by atoms with E-state index in [0.29, 0.717) is 22.6 Å². The minimum absolute atomic E-state index is 0.0280. The second kappa shape index (κ2) is 10.7. The maximum absolute atomic E-state index is 13.5. The van der Waals surface area contributed by atoms with Crippen LogP contribution in [0.25, 0.3) is 10.2 Å². The highest BCUT2D eigenvalue weighted by atomic mass is 32.2. The number of para-hydroxylation sites is 1. The van der Waals surface area contributed by atoms with Gasteiger partial charge in [-0.25, -0.2) is 4.39 Å². The van der Waals surface area contributed by atoms with Crippen molar-refractivity contribution < 1.29 is 14.0 Å². The summed E-state index contributed by atoms with van der Waals surface area (Å²) in [6.07, 6.45) is 5.45. The number of aromatic nitrogens is 1. The number of rotatable bonds is 6. The fourth-order valence-corrected chi connectivity index (χ4v) is 5.46. The number of terminal acetylenes is 1. The predicted octanol–water partition coefficient (Wildman–Crippen LogP) is 2.98. The molecule has 0 spiro atoms. The normalized spacial score (nSPS) is 14.5. The number of thioether (sulfide) groups is 1. The van der Waals surface area contributed by atoms with Gasteiger partial charge in [0.15, 0.2) is 4.80 Å². The van der Waals surface area contributed by atoms with Crippen LogP contribution in [0.4, 0.5) is 10.1 Å². The largest absolute Gasteiger partial charge is 0.368 e. The lowest BCUT2D eigenvalue weighted by molar-refractivity contribution is -0.128. The van der Waals surface area contributed by atoms with E-state index in [4.69, 9.17) is 6.42 Å². The van der Waals surface area contributed by atoms with E-state index in [2.05, 4.69) is 27.9 Å². The number of nitrogens with zero attached hydrogens (tertiary/aromatic N) is 4. The zero-order valence-corrected chi connectivity index (χ0v) is 19.6. The van der Waals surface area contributed by atoms with Gasteiger partial charge in [0.2, 0.25) is 5.91 Å². The van der Waals surface area contributed by atoms with Crippen molar-refractivity contribution in [2.45, 2.75) is 6.54 Å². The van der Waals surface area contributed by atoms with Gasteiger partial charge < -0.3 is 14.4 Å². The van der Waals surface area contributed by atoms with Crippen LogP contribution in [0.3, 0.4) is 0 Å². The molecule has 2 amide bonds. The molecule has 170 valence electrons. The number of amides is 2. The van der Waals surface area contributed by atoms with E-state index in [1.165, 1.54) is 35.2 Å². The molecule has 0 radical (unpaired) electrons. The number of thiazole rings is 1. The molecule has 0 atom stereocenters.